The summed E-state index contributed by atoms with van der Waals surface area (Å²) < 4.78 is 1.61. The summed E-state index contributed by atoms with van der Waals surface area (Å²) in [6.07, 6.45) is 0. The van der Waals surface area contributed by atoms with Gasteiger partial charge in [0.1, 0.15) is 6.04 Å². The van der Waals surface area contributed by atoms with Crippen molar-refractivity contribution in [2.75, 3.05) is 26.7 Å². The molecule has 20 heavy (non-hydrogen) atoms. The summed E-state index contributed by atoms with van der Waals surface area (Å²) >= 11 is 6.75. The molecule has 1 saturated heterocycles. The van der Waals surface area contributed by atoms with Crippen LogP contribution in [0.2, 0.25) is 0 Å². The van der Waals surface area contributed by atoms with Crippen molar-refractivity contribution in [3.63, 3.8) is 0 Å². The van der Waals surface area contributed by atoms with E-state index < -0.39 is 6.04 Å². The first-order valence-corrected chi connectivity index (χ1v) is 7.81. The average molecular weight is 405 g/mol. The van der Waals surface area contributed by atoms with Crippen molar-refractivity contribution in [2.45, 2.75) is 6.04 Å². The van der Waals surface area contributed by atoms with Gasteiger partial charge in [-0.2, -0.15) is 0 Å². The lowest BCUT2D eigenvalue weighted by atomic mass is 10.1. The summed E-state index contributed by atoms with van der Waals surface area (Å²) in [5, 5.41) is 5.74. The third-order valence-corrected chi connectivity index (χ3v) is 4.36. The fourth-order valence-electron chi connectivity index (χ4n) is 2.17. The first-order valence-electron chi connectivity index (χ1n) is 6.23. The van der Waals surface area contributed by atoms with Crippen LogP contribution in [0.3, 0.4) is 0 Å². The monoisotopic (exact) mass is 403 g/mol. The fourth-order valence-corrected chi connectivity index (χ4v) is 3.38. The zero-order chi connectivity index (χ0) is 14.7. The first kappa shape index (κ1) is 15.5. The van der Waals surface area contributed by atoms with Gasteiger partial charge in [0.05, 0.1) is 5.56 Å². The number of nitrogens with one attached hydrogen (secondary N) is 2. The van der Waals surface area contributed by atoms with Crippen molar-refractivity contribution in [2.24, 2.45) is 0 Å². The number of hydrogen-bond acceptors (Lipinski definition) is 3. The van der Waals surface area contributed by atoms with Gasteiger partial charge in [-0.25, -0.2) is 0 Å². The maximum absolute atomic E-state index is 12.6. The van der Waals surface area contributed by atoms with Crippen molar-refractivity contribution in [3.05, 3.63) is 32.7 Å². The van der Waals surface area contributed by atoms with Crippen LogP contribution in [0.1, 0.15) is 10.4 Å². The third-order valence-electron chi connectivity index (χ3n) is 3.21. The van der Waals surface area contributed by atoms with E-state index in [2.05, 4.69) is 42.5 Å². The molecule has 0 bridgehead atoms. The van der Waals surface area contributed by atoms with E-state index in [4.69, 9.17) is 0 Å². The summed E-state index contributed by atoms with van der Waals surface area (Å²) in [5.74, 6) is -0.293. The van der Waals surface area contributed by atoms with Crippen molar-refractivity contribution >= 4 is 43.7 Å². The molecule has 5 nitrogen and oxygen atoms in total. The van der Waals surface area contributed by atoms with Crippen LogP contribution < -0.4 is 10.6 Å². The van der Waals surface area contributed by atoms with Crippen LogP contribution in [0.5, 0.6) is 0 Å². The molecule has 2 amide bonds. The van der Waals surface area contributed by atoms with Gasteiger partial charge in [0, 0.05) is 35.6 Å². The van der Waals surface area contributed by atoms with Crippen LogP contribution in [-0.2, 0) is 4.79 Å². The number of piperazine rings is 1. The Morgan fingerprint density at radius 1 is 1.40 bits per heavy atom. The van der Waals surface area contributed by atoms with Crippen molar-refractivity contribution in [1.29, 1.82) is 0 Å². The van der Waals surface area contributed by atoms with Gasteiger partial charge in [-0.15, -0.1) is 0 Å². The molecule has 1 heterocycles. The molecule has 2 rings (SSSR count). The third kappa shape index (κ3) is 3.21. The van der Waals surface area contributed by atoms with Gasteiger partial charge in [-0.1, -0.05) is 15.9 Å². The lowest BCUT2D eigenvalue weighted by Gasteiger charge is -2.35. The number of carbonyl (C=O) groups is 2. The Labute approximate surface area is 134 Å². The number of hydrogen-bond donors (Lipinski definition) is 2. The summed E-state index contributed by atoms with van der Waals surface area (Å²) in [4.78, 5) is 26.1. The zero-order valence-electron chi connectivity index (χ0n) is 11.0. The Morgan fingerprint density at radius 2 is 2.15 bits per heavy atom. The largest absolute Gasteiger partial charge is 0.357 e. The van der Waals surface area contributed by atoms with E-state index >= 15 is 0 Å². The minimum absolute atomic E-state index is 0.139. The molecule has 1 aliphatic rings. The molecule has 1 aromatic carbocycles. The highest BCUT2D eigenvalue weighted by molar-refractivity contribution is 9.11. The minimum atomic E-state index is -0.475. The highest BCUT2D eigenvalue weighted by atomic mass is 79.9. The normalized spacial score (nSPS) is 18.8. The highest BCUT2D eigenvalue weighted by Crippen LogP contribution is 2.24. The second-order valence-corrected chi connectivity index (χ2v) is 6.23. The molecule has 1 aromatic rings. The molecular weight excluding hydrogens is 390 g/mol. The van der Waals surface area contributed by atoms with Gasteiger partial charge in [0.25, 0.3) is 5.91 Å². The van der Waals surface area contributed by atoms with E-state index in [-0.39, 0.29) is 11.8 Å². The number of amides is 2. The highest BCUT2D eigenvalue weighted by Gasteiger charge is 2.32. The van der Waals surface area contributed by atoms with E-state index in [9.17, 15) is 9.59 Å². The summed E-state index contributed by atoms with van der Waals surface area (Å²) in [6, 6.07) is 4.91. The number of rotatable bonds is 2. The van der Waals surface area contributed by atoms with E-state index in [1.807, 2.05) is 12.1 Å². The Bertz CT molecular complexity index is 536. The van der Waals surface area contributed by atoms with E-state index in [0.29, 0.717) is 29.7 Å². The second-order valence-electron chi connectivity index (χ2n) is 4.46. The maximum atomic E-state index is 12.6. The SMILES string of the molecule is CNC(=O)C1CNCCN1C(=O)c1ccc(Br)cc1Br. The standard InChI is InChI=1S/C13H15Br2N3O2/c1-16-12(19)11-7-17-4-5-18(11)13(20)9-3-2-8(14)6-10(9)15/h2-3,6,11,17H,4-5,7H2,1H3,(H,16,19). The van der Waals surface area contributed by atoms with Crippen LogP contribution in [0.15, 0.2) is 27.1 Å². The minimum Gasteiger partial charge on any atom is -0.357 e. The predicted molar refractivity (Wildman–Crippen MR) is 83.6 cm³/mol. The predicted octanol–water partition coefficient (Wildman–Crippen LogP) is 1.37. The molecule has 1 fully saturated rings. The van der Waals surface area contributed by atoms with Gasteiger partial charge < -0.3 is 15.5 Å². The van der Waals surface area contributed by atoms with Crippen molar-refractivity contribution in [1.82, 2.24) is 15.5 Å². The van der Waals surface area contributed by atoms with Crippen molar-refractivity contribution in [3.8, 4) is 0 Å². The summed E-state index contributed by atoms with van der Waals surface area (Å²) in [6.45, 7) is 1.67. The first-order chi connectivity index (χ1) is 9.54. The van der Waals surface area contributed by atoms with E-state index in [1.165, 1.54) is 0 Å². The molecule has 7 heteroatoms. The average Bonchev–Trinajstić information content (AvgIpc) is 2.46. The number of likely N-dealkylation sites (N-methyl/N-ethyl adjacent to an activating group) is 1. The van der Waals surface area contributed by atoms with E-state index in [1.54, 1.807) is 18.0 Å². The molecule has 1 unspecified atom stereocenters. The number of halogens is 2. The molecule has 2 N–H and O–H groups in total. The van der Waals surface area contributed by atoms with Gasteiger partial charge in [0.15, 0.2) is 0 Å². The van der Waals surface area contributed by atoms with Crippen LogP contribution in [0, 0.1) is 0 Å². The quantitative estimate of drug-likeness (QED) is 0.782. The Kier molecular flexibility index (Phi) is 5.17. The van der Waals surface area contributed by atoms with Crippen LogP contribution >= 0.6 is 31.9 Å². The fraction of sp³-hybridized carbons (Fsp3) is 0.385. The molecule has 1 atom stereocenters. The van der Waals surface area contributed by atoms with Crippen LogP contribution in [-0.4, -0.2) is 49.4 Å². The molecule has 0 aliphatic carbocycles. The molecular formula is C13H15Br2N3O2. The van der Waals surface area contributed by atoms with Gasteiger partial charge >= 0.3 is 0 Å². The van der Waals surface area contributed by atoms with Gasteiger partial charge in [-0.05, 0) is 34.1 Å². The van der Waals surface area contributed by atoms with E-state index in [0.717, 1.165) is 4.47 Å². The molecule has 1 aliphatic heterocycles. The Balaban J connectivity index is 2.27. The Hall–Kier alpha value is -0.920. The number of nitrogens with zero attached hydrogens (tertiary/aromatic N) is 1. The van der Waals surface area contributed by atoms with Gasteiger partial charge in [0.2, 0.25) is 5.91 Å². The molecule has 0 radical (unpaired) electrons. The number of benzene rings is 1. The van der Waals surface area contributed by atoms with Crippen LogP contribution in [0.4, 0.5) is 0 Å². The molecule has 0 saturated carbocycles. The molecule has 108 valence electrons. The lowest BCUT2D eigenvalue weighted by molar-refractivity contribution is -0.125. The summed E-state index contributed by atoms with van der Waals surface area (Å²) in [5.41, 5.74) is 0.559. The zero-order valence-corrected chi connectivity index (χ0v) is 14.1. The topological polar surface area (TPSA) is 61.4 Å². The van der Waals surface area contributed by atoms with Crippen LogP contribution in [0.25, 0.3) is 0 Å². The maximum Gasteiger partial charge on any atom is 0.255 e. The summed E-state index contributed by atoms with van der Waals surface area (Å²) in [7, 11) is 1.58. The lowest BCUT2D eigenvalue weighted by Crippen LogP contribution is -2.59. The second kappa shape index (κ2) is 6.69. The number of carbonyl (C=O) groups excluding carboxylic acids is 2. The smallest absolute Gasteiger partial charge is 0.255 e. The molecule has 0 aromatic heterocycles. The Morgan fingerprint density at radius 3 is 2.80 bits per heavy atom. The van der Waals surface area contributed by atoms with Crippen molar-refractivity contribution < 1.29 is 9.59 Å². The molecule has 0 spiro atoms. The van der Waals surface area contributed by atoms with Gasteiger partial charge in [-0.3, -0.25) is 9.59 Å².